The zero-order valence-corrected chi connectivity index (χ0v) is 13.7. The normalized spacial score (nSPS) is 11.2. The molecule has 0 aliphatic rings. The van der Waals surface area contributed by atoms with E-state index in [1.165, 1.54) is 4.90 Å². The van der Waals surface area contributed by atoms with Crippen molar-refractivity contribution < 1.29 is 14.7 Å². The van der Waals surface area contributed by atoms with Crippen LogP contribution in [0.2, 0.25) is 0 Å². The number of amides is 2. The fourth-order valence-electron chi connectivity index (χ4n) is 1.55. The summed E-state index contributed by atoms with van der Waals surface area (Å²) in [6.07, 6.45) is 1.74. The predicted octanol–water partition coefficient (Wildman–Crippen LogP) is -0.0364. The van der Waals surface area contributed by atoms with Crippen LogP contribution in [0.5, 0.6) is 0 Å². The van der Waals surface area contributed by atoms with E-state index in [1.807, 2.05) is 0 Å². The van der Waals surface area contributed by atoms with Gasteiger partial charge in [0, 0.05) is 12.2 Å². The van der Waals surface area contributed by atoms with Crippen molar-refractivity contribution in [3.05, 3.63) is 29.3 Å². The Kier molecular flexibility index (Phi) is 6.41. The number of hydrogen-bond donors (Lipinski definition) is 3. The van der Waals surface area contributed by atoms with Crippen LogP contribution in [0.4, 0.5) is 5.69 Å². The van der Waals surface area contributed by atoms with Gasteiger partial charge in [-0.3, -0.25) is 4.79 Å². The number of benzene rings is 1. The van der Waals surface area contributed by atoms with Crippen molar-refractivity contribution in [3.8, 4) is 0 Å². The summed E-state index contributed by atoms with van der Waals surface area (Å²) in [5, 5.41) is 11.9. The molecule has 0 aromatic heterocycles. The van der Waals surface area contributed by atoms with Crippen LogP contribution in [0.1, 0.15) is 18.1 Å². The van der Waals surface area contributed by atoms with Crippen molar-refractivity contribution in [3.63, 3.8) is 0 Å². The molecule has 0 saturated carbocycles. The summed E-state index contributed by atoms with van der Waals surface area (Å²) in [7, 11) is 1.58. The number of rotatable bonds is 6. The van der Waals surface area contributed by atoms with E-state index < -0.39 is 6.04 Å². The minimum absolute atomic E-state index is 0. The Labute approximate surface area is 112 Å². The van der Waals surface area contributed by atoms with E-state index in [-0.39, 0.29) is 12.5 Å². The fraction of sp³-hybridized carbons (Fsp3) is 0.385. The minimum Gasteiger partial charge on any atom is -0.520 e. The number of nitrogens with one attached hydrogen (secondary N) is 1. The van der Waals surface area contributed by atoms with Crippen LogP contribution in [-0.2, 0) is 22.7 Å². The molecule has 4 N–H and O–H groups in total. The quantitative estimate of drug-likeness (QED) is 0.362. The Balaban J connectivity index is 0.00000361. The third-order valence-electron chi connectivity index (χ3n) is 2.62. The van der Waals surface area contributed by atoms with E-state index in [0.29, 0.717) is 17.8 Å². The summed E-state index contributed by atoms with van der Waals surface area (Å²) in [4.78, 5) is 23.3. The summed E-state index contributed by atoms with van der Waals surface area (Å²) >= 11 is 0. The third kappa shape index (κ3) is 4.40. The van der Waals surface area contributed by atoms with Gasteiger partial charge in [0.2, 0.25) is 5.91 Å². The van der Waals surface area contributed by atoms with E-state index in [4.69, 9.17) is 5.73 Å². The number of aliphatic hydroxyl groups is 1. The molecule has 1 rings (SSSR count). The summed E-state index contributed by atoms with van der Waals surface area (Å²) < 4.78 is 0. The molecular formula is C13H18FmN3O3-. The van der Waals surface area contributed by atoms with Crippen molar-refractivity contribution in [2.45, 2.75) is 26.1 Å². The molecule has 0 spiro atoms. The first-order valence-electron chi connectivity index (χ1n) is 5.86. The zero-order chi connectivity index (χ0) is 14.4. The summed E-state index contributed by atoms with van der Waals surface area (Å²) in [5.41, 5.74) is 7.49. The molecule has 6 nitrogen and oxygen atoms in total. The molecule has 7 heteroatoms. The molecule has 0 bridgehead atoms. The molecule has 1 aromatic rings. The zero-order valence-electron chi connectivity index (χ0n) is 11.3. The number of anilines is 1. The van der Waals surface area contributed by atoms with E-state index in [9.17, 15) is 14.7 Å². The topological polar surface area (TPSA) is 95.7 Å². The number of nitrogens with two attached hydrogens (primary N) is 1. The fourth-order valence-corrected chi connectivity index (χ4v) is 1.55. The van der Waals surface area contributed by atoms with Crippen LogP contribution in [0.15, 0.2) is 18.2 Å². The van der Waals surface area contributed by atoms with E-state index in [1.54, 1.807) is 38.6 Å². The second-order valence-electron chi connectivity index (χ2n) is 4.37. The van der Waals surface area contributed by atoms with Gasteiger partial charge in [0.25, 0.3) is 0 Å². The summed E-state index contributed by atoms with van der Waals surface area (Å²) in [5.74, 6) is -0.294. The first-order chi connectivity index (χ1) is 8.97. The van der Waals surface area contributed by atoms with Crippen LogP contribution in [0, 0.1) is 0 Å². The Morgan fingerprint density at radius 3 is 2.65 bits per heavy atom. The van der Waals surface area contributed by atoms with Crippen LogP contribution in [0.25, 0.3) is 0 Å². The molecule has 0 saturated heterocycles. The molecule has 116 valence electrons. The first-order valence-corrected chi connectivity index (χ1v) is 5.86. The summed E-state index contributed by atoms with van der Waals surface area (Å²) in [6.45, 7) is 1.76. The van der Waals surface area contributed by atoms with Gasteiger partial charge >= 0.3 is 0 Å². The van der Waals surface area contributed by atoms with Crippen molar-refractivity contribution in [2.75, 3.05) is 12.4 Å². The first kappa shape index (κ1) is 17.1. The monoisotopic (exact) mass is 521 g/mol. The Morgan fingerprint density at radius 1 is 1.50 bits per heavy atom. The van der Waals surface area contributed by atoms with Crippen LogP contribution in [0.3, 0.4) is 0 Å². The van der Waals surface area contributed by atoms with Gasteiger partial charge in [-0.25, -0.2) is 0 Å². The second kappa shape index (κ2) is 7.50. The van der Waals surface area contributed by atoms with Crippen molar-refractivity contribution in [1.82, 2.24) is 4.90 Å². The molecule has 0 fully saturated rings. The largest absolute Gasteiger partial charge is 0.520 e. The Hall–Kier alpha value is -2.92. The smallest absolute Gasteiger partial charge is 0.240 e. The van der Waals surface area contributed by atoms with E-state index in [0.717, 1.165) is 5.56 Å². The molecule has 0 radical (unpaired) electrons. The minimum atomic E-state index is -0.605. The maximum Gasteiger partial charge on any atom is 0.240 e. The molecule has 0 aliphatic heterocycles. The van der Waals surface area contributed by atoms with Crippen LogP contribution >= 0.6 is 0 Å². The van der Waals surface area contributed by atoms with Gasteiger partial charge in [0.1, 0.15) is 0 Å². The van der Waals surface area contributed by atoms with E-state index >= 15 is 0 Å². The van der Waals surface area contributed by atoms with Gasteiger partial charge in [-0.1, -0.05) is 6.07 Å². The average molecular weight is 521 g/mol. The van der Waals surface area contributed by atoms with Crippen LogP contribution in [-0.4, -0.2) is 35.4 Å². The maximum atomic E-state index is 11.5. The van der Waals surface area contributed by atoms with Gasteiger partial charge in [0.05, 0.1) is 12.6 Å². The van der Waals surface area contributed by atoms with Gasteiger partial charge in [-0.15, -0.1) is 0 Å². The average Bonchev–Trinajstić information content (AvgIpc) is 2.38. The van der Waals surface area contributed by atoms with Crippen molar-refractivity contribution in [1.29, 1.82) is 0 Å². The molecule has 1 atom stereocenters. The SMILES string of the molecule is CC(N)C(=O)Nc1ccc(CO)c(CN(C)[C-]=O)c1.[Fm]. The maximum absolute atomic E-state index is 11.5. The summed E-state index contributed by atoms with van der Waals surface area (Å²) in [6, 6.07) is 4.48. The van der Waals surface area contributed by atoms with Gasteiger partial charge in [0.15, 0.2) is 0 Å². The molecule has 1 unspecified atom stereocenters. The number of carbonyl (C=O) groups is 1. The second-order valence-corrected chi connectivity index (χ2v) is 4.37. The molecule has 1 aromatic carbocycles. The molecular weight excluding hydrogens is 503 g/mol. The van der Waals surface area contributed by atoms with E-state index in [2.05, 4.69) is 5.32 Å². The van der Waals surface area contributed by atoms with Crippen molar-refractivity contribution in [2.24, 2.45) is 5.73 Å². The van der Waals surface area contributed by atoms with Crippen LogP contribution < -0.4 is 11.1 Å². The molecule has 0 heterocycles. The standard InChI is InChI=1S/C13H18N3O3.Fm/c1-9(14)13(19)15-12-4-3-10(7-17)11(5-12)6-16(2)8-18;/h3-5,9,17H,6-7,14H2,1-2H3,(H,15,19);/q-1;. The molecule has 2 amide bonds. The van der Waals surface area contributed by atoms with Crippen molar-refractivity contribution >= 4 is 18.0 Å². The number of carbonyl (C=O) groups excluding carboxylic acids is 2. The third-order valence-corrected chi connectivity index (χ3v) is 2.62. The number of nitrogens with zero attached hydrogens (tertiary/aromatic N) is 1. The van der Waals surface area contributed by atoms with Gasteiger partial charge in [-0.05, 0) is 37.2 Å². The molecule has 0 aliphatic carbocycles. The molecule has 20 heavy (non-hydrogen) atoms. The predicted molar refractivity (Wildman–Crippen MR) is 71.8 cm³/mol. The number of hydrogen-bond acceptors (Lipinski definition) is 4. The Morgan fingerprint density at radius 2 is 2.15 bits per heavy atom. The number of aliphatic hydroxyl groups excluding tert-OH is 1. The Bertz CT molecular complexity index is 466. The van der Waals surface area contributed by atoms with Gasteiger partial charge < -0.3 is 25.9 Å². The van der Waals surface area contributed by atoms with Gasteiger partial charge in [-0.2, -0.15) is 6.41 Å².